The van der Waals surface area contributed by atoms with Crippen molar-refractivity contribution in [3.63, 3.8) is 0 Å². The predicted molar refractivity (Wildman–Crippen MR) is 67.0 cm³/mol. The summed E-state index contributed by atoms with van der Waals surface area (Å²) in [6.45, 7) is 5.14. The lowest BCUT2D eigenvalue weighted by molar-refractivity contribution is 0.0588. The van der Waals surface area contributed by atoms with E-state index in [0.717, 1.165) is 19.4 Å². The lowest BCUT2D eigenvalue weighted by Gasteiger charge is -2.36. The first-order chi connectivity index (χ1) is 8.08. The summed E-state index contributed by atoms with van der Waals surface area (Å²) < 4.78 is 0. The number of benzene rings is 1. The van der Waals surface area contributed by atoms with Gasteiger partial charge in [-0.15, -0.1) is 0 Å². The third-order valence-electron chi connectivity index (χ3n) is 3.49. The van der Waals surface area contributed by atoms with Gasteiger partial charge in [-0.2, -0.15) is 0 Å². The molecule has 0 saturated carbocycles. The van der Waals surface area contributed by atoms with Crippen LogP contribution in [0.5, 0.6) is 5.75 Å². The van der Waals surface area contributed by atoms with Crippen LogP contribution in [-0.4, -0.2) is 28.5 Å². The Labute approximate surface area is 102 Å². The Morgan fingerprint density at radius 3 is 2.82 bits per heavy atom. The Hall–Kier alpha value is -1.51. The largest absolute Gasteiger partial charge is 0.508 e. The van der Waals surface area contributed by atoms with Crippen molar-refractivity contribution in [3.8, 4) is 5.75 Å². The summed E-state index contributed by atoms with van der Waals surface area (Å²) >= 11 is 0. The van der Waals surface area contributed by atoms with Crippen molar-refractivity contribution < 1.29 is 9.90 Å². The van der Waals surface area contributed by atoms with Crippen molar-refractivity contribution in [1.82, 2.24) is 4.90 Å². The number of nitrogens with zero attached hydrogens (tertiary/aromatic N) is 1. The molecule has 1 aliphatic heterocycles. The number of likely N-dealkylation sites (tertiary alicyclic amines) is 1. The monoisotopic (exact) mass is 233 g/mol. The van der Waals surface area contributed by atoms with E-state index in [1.54, 1.807) is 18.2 Å². The van der Waals surface area contributed by atoms with E-state index < -0.39 is 0 Å². The van der Waals surface area contributed by atoms with Crippen LogP contribution in [0.15, 0.2) is 24.3 Å². The number of piperidine rings is 1. The van der Waals surface area contributed by atoms with Crippen LogP contribution in [0.25, 0.3) is 0 Å². The van der Waals surface area contributed by atoms with E-state index in [1.165, 1.54) is 6.07 Å². The molecular weight excluding hydrogens is 214 g/mol. The first-order valence-corrected chi connectivity index (χ1v) is 6.18. The van der Waals surface area contributed by atoms with E-state index in [1.807, 2.05) is 4.90 Å². The average Bonchev–Trinajstić information content (AvgIpc) is 2.28. The van der Waals surface area contributed by atoms with E-state index >= 15 is 0 Å². The quantitative estimate of drug-likeness (QED) is 0.810. The van der Waals surface area contributed by atoms with Crippen molar-refractivity contribution in [2.75, 3.05) is 6.54 Å². The summed E-state index contributed by atoms with van der Waals surface area (Å²) in [5.74, 6) is 0.868. The molecule has 0 aromatic heterocycles. The number of hydrogen-bond acceptors (Lipinski definition) is 2. The van der Waals surface area contributed by atoms with Crippen LogP contribution >= 0.6 is 0 Å². The van der Waals surface area contributed by atoms with Gasteiger partial charge < -0.3 is 10.0 Å². The molecule has 1 fully saturated rings. The maximum atomic E-state index is 12.3. The standard InChI is InChI=1S/C14H19NO2/c1-10-6-7-15(11(2)8-10)14(17)12-4-3-5-13(16)9-12/h3-5,9-11,16H,6-8H2,1-2H3. The molecule has 17 heavy (non-hydrogen) atoms. The molecule has 3 heteroatoms. The minimum absolute atomic E-state index is 0.0281. The van der Waals surface area contributed by atoms with Crippen molar-refractivity contribution in [2.24, 2.45) is 5.92 Å². The molecule has 1 aromatic carbocycles. The first-order valence-electron chi connectivity index (χ1n) is 6.18. The summed E-state index contributed by atoms with van der Waals surface area (Å²) in [6.07, 6.45) is 2.12. The third-order valence-corrected chi connectivity index (χ3v) is 3.49. The van der Waals surface area contributed by atoms with Gasteiger partial charge in [-0.25, -0.2) is 0 Å². The highest BCUT2D eigenvalue weighted by molar-refractivity contribution is 5.94. The molecule has 1 heterocycles. The topological polar surface area (TPSA) is 40.5 Å². The van der Waals surface area contributed by atoms with Crippen molar-refractivity contribution in [1.29, 1.82) is 0 Å². The Balaban J connectivity index is 2.15. The minimum Gasteiger partial charge on any atom is -0.508 e. The second kappa shape index (κ2) is 4.78. The third kappa shape index (κ3) is 2.60. The van der Waals surface area contributed by atoms with Gasteiger partial charge in [0.1, 0.15) is 5.75 Å². The number of phenolic OH excluding ortho intramolecular Hbond substituents is 1. The molecule has 1 aromatic rings. The van der Waals surface area contributed by atoms with E-state index in [0.29, 0.717) is 11.5 Å². The molecule has 2 atom stereocenters. The van der Waals surface area contributed by atoms with Crippen LogP contribution in [0, 0.1) is 5.92 Å². The normalized spacial score (nSPS) is 24.7. The summed E-state index contributed by atoms with van der Waals surface area (Å²) in [7, 11) is 0. The molecule has 2 unspecified atom stereocenters. The van der Waals surface area contributed by atoms with E-state index in [9.17, 15) is 9.90 Å². The highest BCUT2D eigenvalue weighted by Crippen LogP contribution is 2.24. The Morgan fingerprint density at radius 1 is 1.41 bits per heavy atom. The predicted octanol–water partition coefficient (Wildman–Crippen LogP) is 2.65. The van der Waals surface area contributed by atoms with E-state index in [4.69, 9.17) is 0 Å². The molecule has 1 amide bonds. The zero-order valence-corrected chi connectivity index (χ0v) is 10.4. The van der Waals surface area contributed by atoms with Gasteiger partial charge in [0.25, 0.3) is 5.91 Å². The van der Waals surface area contributed by atoms with Crippen molar-refractivity contribution in [2.45, 2.75) is 32.7 Å². The molecule has 0 spiro atoms. The number of aromatic hydroxyl groups is 1. The van der Waals surface area contributed by atoms with E-state index in [2.05, 4.69) is 13.8 Å². The fraction of sp³-hybridized carbons (Fsp3) is 0.500. The number of amides is 1. The first kappa shape index (κ1) is 12.0. The zero-order chi connectivity index (χ0) is 12.4. The fourth-order valence-corrected chi connectivity index (χ4v) is 2.51. The highest BCUT2D eigenvalue weighted by Gasteiger charge is 2.27. The SMILES string of the molecule is CC1CCN(C(=O)c2cccc(O)c2)C(C)C1. The molecule has 2 rings (SSSR count). The summed E-state index contributed by atoms with van der Waals surface area (Å²) in [5.41, 5.74) is 0.575. The van der Waals surface area contributed by atoms with Gasteiger partial charge in [0.05, 0.1) is 0 Å². The number of phenols is 1. The van der Waals surface area contributed by atoms with E-state index in [-0.39, 0.29) is 17.7 Å². The number of hydrogen-bond donors (Lipinski definition) is 1. The maximum absolute atomic E-state index is 12.3. The van der Waals surface area contributed by atoms with Crippen LogP contribution in [-0.2, 0) is 0 Å². The zero-order valence-electron chi connectivity index (χ0n) is 10.4. The lowest BCUT2D eigenvalue weighted by Crippen LogP contribution is -2.44. The van der Waals surface area contributed by atoms with Gasteiger partial charge in [-0.05, 0) is 43.9 Å². The summed E-state index contributed by atoms with van der Waals surface area (Å²) in [5, 5.41) is 9.40. The molecule has 0 radical (unpaired) electrons. The fourth-order valence-electron chi connectivity index (χ4n) is 2.51. The van der Waals surface area contributed by atoms with Crippen molar-refractivity contribution >= 4 is 5.91 Å². The Kier molecular flexibility index (Phi) is 3.36. The second-order valence-corrected chi connectivity index (χ2v) is 5.03. The van der Waals surface area contributed by atoms with Gasteiger partial charge >= 0.3 is 0 Å². The minimum atomic E-state index is 0.0281. The molecule has 0 bridgehead atoms. The number of carbonyl (C=O) groups is 1. The highest BCUT2D eigenvalue weighted by atomic mass is 16.3. The summed E-state index contributed by atoms with van der Waals surface area (Å²) in [6, 6.07) is 6.87. The van der Waals surface area contributed by atoms with Gasteiger partial charge in [-0.3, -0.25) is 4.79 Å². The average molecular weight is 233 g/mol. The van der Waals surface area contributed by atoms with Crippen LogP contribution in [0.4, 0.5) is 0 Å². The van der Waals surface area contributed by atoms with Crippen LogP contribution in [0.3, 0.4) is 0 Å². The van der Waals surface area contributed by atoms with Gasteiger partial charge in [0, 0.05) is 18.2 Å². The molecule has 0 aliphatic carbocycles. The number of rotatable bonds is 1. The molecule has 1 N–H and O–H groups in total. The molecular formula is C14H19NO2. The smallest absolute Gasteiger partial charge is 0.254 e. The molecule has 3 nitrogen and oxygen atoms in total. The lowest BCUT2D eigenvalue weighted by atomic mass is 9.93. The van der Waals surface area contributed by atoms with Crippen molar-refractivity contribution in [3.05, 3.63) is 29.8 Å². The second-order valence-electron chi connectivity index (χ2n) is 5.03. The molecule has 92 valence electrons. The van der Waals surface area contributed by atoms with Crippen LogP contribution in [0.1, 0.15) is 37.0 Å². The van der Waals surface area contributed by atoms with Gasteiger partial charge in [-0.1, -0.05) is 13.0 Å². The maximum Gasteiger partial charge on any atom is 0.254 e. The Bertz CT molecular complexity index is 416. The van der Waals surface area contributed by atoms with Crippen LogP contribution in [0.2, 0.25) is 0 Å². The molecule has 1 saturated heterocycles. The van der Waals surface area contributed by atoms with Crippen LogP contribution < -0.4 is 0 Å². The van der Waals surface area contributed by atoms with Gasteiger partial charge in [0.2, 0.25) is 0 Å². The summed E-state index contributed by atoms with van der Waals surface area (Å²) in [4.78, 5) is 14.2. The Morgan fingerprint density at radius 2 is 2.18 bits per heavy atom. The van der Waals surface area contributed by atoms with Gasteiger partial charge in [0.15, 0.2) is 0 Å². The number of carbonyl (C=O) groups excluding carboxylic acids is 1. The molecule has 1 aliphatic rings.